The highest BCUT2D eigenvalue weighted by Crippen LogP contribution is 2.46. The van der Waals surface area contributed by atoms with Crippen molar-refractivity contribution in [3.63, 3.8) is 0 Å². The number of halogens is 3. The highest BCUT2D eigenvalue weighted by Gasteiger charge is 2.43. The molecule has 1 aliphatic rings. The molecule has 1 N–H and O–H groups in total. The first kappa shape index (κ1) is 20.4. The highest BCUT2D eigenvalue weighted by atomic mass is 35.5. The predicted octanol–water partition coefficient (Wildman–Crippen LogP) is 3.70. The molecule has 4 heterocycles. The van der Waals surface area contributed by atoms with E-state index in [1.807, 2.05) is 13.8 Å². The van der Waals surface area contributed by atoms with E-state index in [4.69, 9.17) is 11.6 Å². The molecule has 164 valence electrons. The maximum atomic E-state index is 13.2. The summed E-state index contributed by atoms with van der Waals surface area (Å²) in [6.07, 6.45) is 3.80. The van der Waals surface area contributed by atoms with Crippen LogP contribution in [0.3, 0.4) is 0 Å². The molecule has 0 fully saturated rings. The standard InChI is InChI=1S/C20H17ClF2N8O/c1-20(2)7-11(12-9-24-15-6-14(17(22)23)29-30(15)16(12)20)19(32)28-10-5-13(21)18(25-8-10)31-26-3-4-27-31/h3-6,8-9,11,17H,7H2,1-2H3,(H,28,32)/t11-/m0/s1. The second-order valence-electron chi connectivity index (χ2n) is 8.18. The maximum absolute atomic E-state index is 13.2. The molecule has 1 aliphatic carbocycles. The fourth-order valence-electron chi connectivity index (χ4n) is 4.16. The van der Waals surface area contributed by atoms with Gasteiger partial charge in [-0.1, -0.05) is 25.4 Å². The number of nitrogens with zero attached hydrogens (tertiary/aromatic N) is 7. The zero-order valence-corrected chi connectivity index (χ0v) is 17.8. The summed E-state index contributed by atoms with van der Waals surface area (Å²) in [6.45, 7) is 3.90. The number of nitrogens with one attached hydrogen (secondary N) is 1. The first-order valence-corrected chi connectivity index (χ1v) is 10.1. The van der Waals surface area contributed by atoms with Gasteiger partial charge in [-0.05, 0) is 12.5 Å². The predicted molar refractivity (Wildman–Crippen MR) is 111 cm³/mol. The van der Waals surface area contributed by atoms with E-state index in [1.54, 1.807) is 12.3 Å². The van der Waals surface area contributed by atoms with Crippen LogP contribution in [-0.2, 0) is 10.2 Å². The number of carbonyl (C=O) groups excluding carboxylic acids is 1. The van der Waals surface area contributed by atoms with E-state index < -0.39 is 17.8 Å². The third-order valence-electron chi connectivity index (χ3n) is 5.50. The van der Waals surface area contributed by atoms with E-state index in [9.17, 15) is 13.6 Å². The Bertz CT molecular complexity index is 1340. The van der Waals surface area contributed by atoms with E-state index >= 15 is 0 Å². The van der Waals surface area contributed by atoms with Gasteiger partial charge in [0.15, 0.2) is 11.5 Å². The molecule has 0 aromatic carbocycles. The highest BCUT2D eigenvalue weighted by molar-refractivity contribution is 6.32. The van der Waals surface area contributed by atoms with Gasteiger partial charge in [0.05, 0.1) is 40.9 Å². The molecule has 1 amide bonds. The average Bonchev–Trinajstić information content (AvgIpc) is 3.45. The molecule has 0 saturated carbocycles. The second-order valence-corrected chi connectivity index (χ2v) is 8.59. The van der Waals surface area contributed by atoms with Gasteiger partial charge in [-0.25, -0.2) is 23.3 Å². The average molecular weight is 459 g/mol. The molecular formula is C20H17ClF2N8O. The van der Waals surface area contributed by atoms with Crippen molar-refractivity contribution in [1.82, 2.24) is 34.6 Å². The lowest BCUT2D eigenvalue weighted by atomic mass is 9.88. The molecule has 0 spiro atoms. The van der Waals surface area contributed by atoms with Crippen LogP contribution in [0.1, 0.15) is 49.6 Å². The summed E-state index contributed by atoms with van der Waals surface area (Å²) in [4.78, 5) is 22.9. The zero-order chi connectivity index (χ0) is 22.6. The van der Waals surface area contributed by atoms with Crippen molar-refractivity contribution >= 4 is 28.8 Å². The Morgan fingerprint density at radius 2 is 1.97 bits per heavy atom. The normalized spacial score (nSPS) is 17.1. The van der Waals surface area contributed by atoms with Gasteiger partial charge in [0.2, 0.25) is 5.91 Å². The van der Waals surface area contributed by atoms with E-state index in [1.165, 1.54) is 34.0 Å². The minimum Gasteiger partial charge on any atom is -0.324 e. The lowest BCUT2D eigenvalue weighted by Gasteiger charge is -2.19. The van der Waals surface area contributed by atoms with E-state index in [2.05, 4.69) is 30.6 Å². The maximum Gasteiger partial charge on any atom is 0.282 e. The Hall–Kier alpha value is -3.47. The summed E-state index contributed by atoms with van der Waals surface area (Å²) in [5.41, 5.74) is 1.27. The van der Waals surface area contributed by atoms with Crippen LogP contribution in [0.4, 0.5) is 14.5 Å². The number of hydrogen-bond donors (Lipinski definition) is 1. The summed E-state index contributed by atoms with van der Waals surface area (Å²) < 4.78 is 27.7. The van der Waals surface area contributed by atoms with E-state index in [0.29, 0.717) is 34.8 Å². The molecule has 32 heavy (non-hydrogen) atoms. The molecule has 0 bridgehead atoms. The van der Waals surface area contributed by atoms with Crippen LogP contribution in [-0.4, -0.2) is 40.5 Å². The summed E-state index contributed by atoms with van der Waals surface area (Å²) in [7, 11) is 0. The molecule has 4 aromatic rings. The minimum atomic E-state index is -2.70. The summed E-state index contributed by atoms with van der Waals surface area (Å²) in [6, 6.07) is 2.83. The number of carbonyl (C=O) groups is 1. The van der Waals surface area contributed by atoms with Crippen LogP contribution in [0.15, 0.2) is 36.9 Å². The summed E-state index contributed by atoms with van der Waals surface area (Å²) >= 11 is 6.29. The van der Waals surface area contributed by atoms with Gasteiger partial charge in [-0.15, -0.1) is 4.80 Å². The number of alkyl halides is 2. The number of amides is 1. The van der Waals surface area contributed by atoms with E-state index in [-0.39, 0.29) is 16.6 Å². The monoisotopic (exact) mass is 458 g/mol. The quantitative estimate of drug-likeness (QED) is 0.500. The van der Waals surface area contributed by atoms with Crippen molar-refractivity contribution < 1.29 is 13.6 Å². The van der Waals surface area contributed by atoms with Crippen LogP contribution < -0.4 is 5.32 Å². The van der Waals surface area contributed by atoms with Crippen molar-refractivity contribution in [2.24, 2.45) is 0 Å². The van der Waals surface area contributed by atoms with Gasteiger partial charge in [0.1, 0.15) is 5.69 Å². The fourth-order valence-corrected chi connectivity index (χ4v) is 4.40. The second kappa shape index (κ2) is 7.30. The van der Waals surface area contributed by atoms with E-state index in [0.717, 1.165) is 0 Å². The van der Waals surface area contributed by atoms with Crippen LogP contribution in [0.25, 0.3) is 11.5 Å². The SMILES string of the molecule is CC1(C)C[C@H](C(=O)Nc2cnc(-n3nccn3)c(Cl)c2)c2cnc3cc(C(F)F)nn3c21. The van der Waals surface area contributed by atoms with Crippen molar-refractivity contribution in [3.05, 3.63) is 58.9 Å². The Kier molecular flexibility index (Phi) is 4.66. The Morgan fingerprint density at radius 1 is 1.22 bits per heavy atom. The largest absolute Gasteiger partial charge is 0.324 e. The number of fused-ring (bicyclic) bond motifs is 3. The molecule has 12 heteroatoms. The molecule has 9 nitrogen and oxygen atoms in total. The van der Waals surface area contributed by atoms with Gasteiger partial charge in [-0.2, -0.15) is 15.3 Å². The molecule has 0 saturated heterocycles. The molecule has 0 aliphatic heterocycles. The van der Waals surface area contributed by atoms with Crippen LogP contribution in [0.2, 0.25) is 5.02 Å². The number of anilines is 1. The molecule has 5 rings (SSSR count). The Balaban J connectivity index is 1.46. The van der Waals surface area contributed by atoms with Crippen molar-refractivity contribution in [3.8, 4) is 5.82 Å². The lowest BCUT2D eigenvalue weighted by molar-refractivity contribution is -0.117. The number of hydrogen-bond acceptors (Lipinski definition) is 6. The van der Waals surface area contributed by atoms with Gasteiger partial charge in [0, 0.05) is 23.2 Å². The fraction of sp³-hybridized carbons (Fsp3) is 0.300. The number of rotatable bonds is 4. The van der Waals surface area contributed by atoms with Crippen LogP contribution in [0, 0.1) is 0 Å². The van der Waals surface area contributed by atoms with Crippen molar-refractivity contribution in [1.29, 1.82) is 0 Å². The van der Waals surface area contributed by atoms with Crippen molar-refractivity contribution in [2.45, 2.75) is 38.0 Å². The van der Waals surface area contributed by atoms with Gasteiger partial charge < -0.3 is 5.32 Å². The third-order valence-corrected chi connectivity index (χ3v) is 5.78. The summed E-state index contributed by atoms with van der Waals surface area (Å²) in [5, 5.41) is 15.1. The third kappa shape index (κ3) is 3.29. The number of pyridine rings is 1. The first-order chi connectivity index (χ1) is 15.2. The molecular weight excluding hydrogens is 442 g/mol. The lowest BCUT2D eigenvalue weighted by Crippen LogP contribution is -2.21. The van der Waals surface area contributed by atoms with Gasteiger partial charge in [-0.3, -0.25) is 4.79 Å². The Labute approximate surface area is 185 Å². The topological polar surface area (TPSA) is 103 Å². The van der Waals surface area contributed by atoms with Gasteiger partial charge in [0.25, 0.3) is 6.43 Å². The zero-order valence-electron chi connectivity index (χ0n) is 17.0. The molecule has 0 unspecified atom stereocenters. The molecule has 0 radical (unpaired) electrons. The van der Waals surface area contributed by atoms with Crippen LogP contribution in [0.5, 0.6) is 0 Å². The van der Waals surface area contributed by atoms with Crippen molar-refractivity contribution in [2.75, 3.05) is 5.32 Å². The first-order valence-electron chi connectivity index (χ1n) is 9.75. The Morgan fingerprint density at radius 3 is 2.66 bits per heavy atom. The number of aromatic nitrogens is 7. The molecule has 4 aromatic heterocycles. The van der Waals surface area contributed by atoms with Crippen LogP contribution >= 0.6 is 11.6 Å². The van der Waals surface area contributed by atoms with Gasteiger partial charge >= 0.3 is 0 Å². The minimum absolute atomic E-state index is 0.269. The smallest absolute Gasteiger partial charge is 0.282 e. The summed E-state index contributed by atoms with van der Waals surface area (Å²) in [5.74, 6) is -0.480. The molecule has 1 atom stereocenters.